The molecule has 1 aromatic rings. The van der Waals surface area contributed by atoms with Gasteiger partial charge in [0.1, 0.15) is 0 Å². The number of nitrogen functional groups attached to an aromatic ring is 1. The molecule has 3 nitrogen and oxygen atoms in total. The van der Waals surface area contributed by atoms with Gasteiger partial charge in [-0.15, -0.1) is 0 Å². The second-order valence-electron chi connectivity index (χ2n) is 4.27. The predicted octanol–water partition coefficient (Wildman–Crippen LogP) is 3.83. The first-order valence-corrected chi connectivity index (χ1v) is 6.76. The summed E-state index contributed by atoms with van der Waals surface area (Å²) in [6, 6.07) is 3.88. The standard InChI is InChI=1S/C13H20Cl2N2O/c1-4-9(2)17(5-6-18-3)13-8-11(15)10(14)7-12(13)16/h7-9H,4-6,16H2,1-3H3. The van der Waals surface area contributed by atoms with Gasteiger partial charge in [0.15, 0.2) is 0 Å². The maximum absolute atomic E-state index is 6.07. The second-order valence-corrected chi connectivity index (χ2v) is 5.08. The molecule has 0 aliphatic heterocycles. The number of hydrogen-bond acceptors (Lipinski definition) is 3. The molecular formula is C13H20Cl2N2O. The molecule has 1 aromatic carbocycles. The minimum atomic E-state index is 0.361. The van der Waals surface area contributed by atoms with E-state index >= 15 is 0 Å². The first-order chi connectivity index (χ1) is 8.51. The molecule has 0 fully saturated rings. The first-order valence-electron chi connectivity index (χ1n) is 6.01. The lowest BCUT2D eigenvalue weighted by Crippen LogP contribution is -2.36. The zero-order valence-electron chi connectivity index (χ0n) is 11.0. The molecule has 1 rings (SSSR count). The van der Waals surface area contributed by atoms with E-state index in [9.17, 15) is 0 Å². The Bertz CT molecular complexity index is 399. The molecule has 0 aliphatic carbocycles. The number of ether oxygens (including phenoxy) is 1. The van der Waals surface area contributed by atoms with Crippen molar-refractivity contribution in [3.05, 3.63) is 22.2 Å². The summed E-state index contributed by atoms with van der Waals surface area (Å²) < 4.78 is 5.14. The molecule has 0 aliphatic rings. The number of rotatable bonds is 6. The summed E-state index contributed by atoms with van der Waals surface area (Å²) in [6.45, 7) is 5.70. The number of hydrogen-bond donors (Lipinski definition) is 1. The summed E-state index contributed by atoms with van der Waals surface area (Å²) in [7, 11) is 1.69. The van der Waals surface area contributed by atoms with E-state index in [1.807, 2.05) is 6.07 Å². The van der Waals surface area contributed by atoms with Gasteiger partial charge in [-0.1, -0.05) is 30.1 Å². The molecule has 5 heteroatoms. The van der Waals surface area contributed by atoms with Crippen molar-refractivity contribution in [3.63, 3.8) is 0 Å². The van der Waals surface area contributed by atoms with Crippen LogP contribution in [0.5, 0.6) is 0 Å². The molecule has 0 bridgehead atoms. The van der Waals surface area contributed by atoms with Gasteiger partial charge in [0.2, 0.25) is 0 Å². The van der Waals surface area contributed by atoms with Gasteiger partial charge in [0.25, 0.3) is 0 Å². The lowest BCUT2D eigenvalue weighted by atomic mass is 10.1. The molecule has 0 saturated heterocycles. The molecule has 0 aromatic heterocycles. The van der Waals surface area contributed by atoms with Crippen LogP contribution >= 0.6 is 23.2 Å². The van der Waals surface area contributed by atoms with Crippen LogP contribution in [-0.2, 0) is 4.74 Å². The molecular weight excluding hydrogens is 271 g/mol. The van der Waals surface area contributed by atoms with Crippen LogP contribution in [0.3, 0.4) is 0 Å². The normalized spacial score (nSPS) is 12.5. The van der Waals surface area contributed by atoms with Crippen molar-refractivity contribution >= 4 is 34.6 Å². The van der Waals surface area contributed by atoms with Crippen LogP contribution in [0.1, 0.15) is 20.3 Å². The van der Waals surface area contributed by atoms with E-state index in [1.54, 1.807) is 13.2 Å². The monoisotopic (exact) mass is 290 g/mol. The number of benzene rings is 1. The molecule has 1 atom stereocenters. The molecule has 0 radical (unpaired) electrons. The molecule has 0 spiro atoms. The van der Waals surface area contributed by atoms with Crippen molar-refractivity contribution < 1.29 is 4.74 Å². The Hall–Kier alpha value is -0.640. The van der Waals surface area contributed by atoms with Gasteiger partial charge >= 0.3 is 0 Å². The Labute approximate surface area is 119 Å². The van der Waals surface area contributed by atoms with E-state index in [0.717, 1.165) is 18.7 Å². The quantitative estimate of drug-likeness (QED) is 0.810. The van der Waals surface area contributed by atoms with Gasteiger partial charge in [-0.2, -0.15) is 0 Å². The fourth-order valence-corrected chi connectivity index (χ4v) is 2.12. The highest BCUT2D eigenvalue weighted by atomic mass is 35.5. The van der Waals surface area contributed by atoms with Crippen LogP contribution < -0.4 is 10.6 Å². The summed E-state index contributed by atoms with van der Waals surface area (Å²) >= 11 is 12.0. The number of anilines is 2. The summed E-state index contributed by atoms with van der Waals surface area (Å²) in [5.41, 5.74) is 7.58. The van der Waals surface area contributed by atoms with E-state index in [2.05, 4.69) is 18.7 Å². The second kappa shape index (κ2) is 7.07. The minimum Gasteiger partial charge on any atom is -0.397 e. The number of nitrogens with zero attached hydrogens (tertiary/aromatic N) is 1. The Kier molecular flexibility index (Phi) is 6.06. The summed E-state index contributed by atoms with van der Waals surface area (Å²) in [5, 5.41) is 1.00. The highest BCUT2D eigenvalue weighted by Crippen LogP contribution is 2.34. The minimum absolute atomic E-state index is 0.361. The van der Waals surface area contributed by atoms with Crippen molar-refractivity contribution in [2.24, 2.45) is 0 Å². The molecule has 2 N–H and O–H groups in total. The van der Waals surface area contributed by atoms with Crippen molar-refractivity contribution in [2.45, 2.75) is 26.3 Å². The molecule has 1 unspecified atom stereocenters. The van der Waals surface area contributed by atoms with E-state index < -0.39 is 0 Å². The van der Waals surface area contributed by atoms with Crippen LogP contribution in [0, 0.1) is 0 Å². The lowest BCUT2D eigenvalue weighted by molar-refractivity contribution is 0.203. The smallest absolute Gasteiger partial charge is 0.0637 e. The van der Waals surface area contributed by atoms with Crippen LogP contribution in [0.25, 0.3) is 0 Å². The van der Waals surface area contributed by atoms with Gasteiger partial charge in [-0.25, -0.2) is 0 Å². The summed E-state index contributed by atoms with van der Waals surface area (Å²) in [5.74, 6) is 0. The van der Waals surface area contributed by atoms with E-state index in [-0.39, 0.29) is 0 Å². The molecule has 102 valence electrons. The average molecular weight is 291 g/mol. The summed E-state index contributed by atoms with van der Waals surface area (Å²) in [6.07, 6.45) is 1.02. The van der Waals surface area contributed by atoms with Gasteiger partial charge in [-0.3, -0.25) is 0 Å². The Morgan fingerprint density at radius 1 is 1.33 bits per heavy atom. The molecule has 0 amide bonds. The first kappa shape index (κ1) is 15.4. The van der Waals surface area contributed by atoms with Gasteiger partial charge in [-0.05, 0) is 25.5 Å². The highest BCUT2D eigenvalue weighted by Gasteiger charge is 2.17. The third kappa shape index (κ3) is 3.67. The molecule has 0 heterocycles. The van der Waals surface area contributed by atoms with Gasteiger partial charge in [0, 0.05) is 19.7 Å². The van der Waals surface area contributed by atoms with E-state index in [1.165, 1.54) is 0 Å². The number of nitrogens with two attached hydrogens (primary N) is 1. The summed E-state index contributed by atoms with van der Waals surface area (Å²) in [4.78, 5) is 2.20. The number of halogens is 2. The van der Waals surface area contributed by atoms with Crippen molar-refractivity contribution in [3.8, 4) is 0 Å². The average Bonchev–Trinajstić information content (AvgIpc) is 2.35. The van der Waals surface area contributed by atoms with Crippen molar-refractivity contribution in [2.75, 3.05) is 30.9 Å². The highest BCUT2D eigenvalue weighted by molar-refractivity contribution is 6.42. The largest absolute Gasteiger partial charge is 0.397 e. The topological polar surface area (TPSA) is 38.5 Å². The predicted molar refractivity (Wildman–Crippen MR) is 79.8 cm³/mol. The Morgan fingerprint density at radius 3 is 2.50 bits per heavy atom. The zero-order chi connectivity index (χ0) is 13.7. The van der Waals surface area contributed by atoms with Crippen molar-refractivity contribution in [1.82, 2.24) is 0 Å². The maximum atomic E-state index is 6.07. The van der Waals surface area contributed by atoms with Crippen LogP contribution in [0.2, 0.25) is 10.0 Å². The van der Waals surface area contributed by atoms with E-state index in [0.29, 0.717) is 28.4 Å². The van der Waals surface area contributed by atoms with Crippen LogP contribution in [0.15, 0.2) is 12.1 Å². The molecule has 18 heavy (non-hydrogen) atoms. The van der Waals surface area contributed by atoms with E-state index in [4.69, 9.17) is 33.7 Å². The third-order valence-electron chi connectivity index (χ3n) is 3.04. The fourth-order valence-electron chi connectivity index (χ4n) is 1.79. The maximum Gasteiger partial charge on any atom is 0.0637 e. The SMILES string of the molecule is CCC(C)N(CCOC)c1cc(Cl)c(Cl)cc1N. The van der Waals surface area contributed by atoms with Gasteiger partial charge < -0.3 is 15.4 Å². The third-order valence-corrected chi connectivity index (χ3v) is 3.76. The lowest BCUT2D eigenvalue weighted by Gasteiger charge is -2.31. The number of methoxy groups -OCH3 is 1. The molecule has 0 saturated carbocycles. The van der Waals surface area contributed by atoms with Gasteiger partial charge in [0.05, 0.1) is 28.0 Å². The van der Waals surface area contributed by atoms with Crippen molar-refractivity contribution in [1.29, 1.82) is 0 Å². The van der Waals surface area contributed by atoms with Crippen LogP contribution in [-0.4, -0.2) is 26.3 Å². The van der Waals surface area contributed by atoms with Crippen LogP contribution in [0.4, 0.5) is 11.4 Å². The fraction of sp³-hybridized carbons (Fsp3) is 0.538. The Morgan fingerprint density at radius 2 is 1.94 bits per heavy atom. The zero-order valence-corrected chi connectivity index (χ0v) is 12.6. The Balaban J connectivity index is 3.07.